The summed E-state index contributed by atoms with van der Waals surface area (Å²) in [5.41, 5.74) is 3.39. The van der Waals surface area contributed by atoms with E-state index in [2.05, 4.69) is 27.2 Å². The maximum atomic E-state index is 12.9. The Kier molecular flexibility index (Phi) is 6.72. The lowest BCUT2D eigenvalue weighted by atomic mass is 9.81. The number of carbonyl (C=O) groups excluding carboxylic acids is 1. The van der Waals surface area contributed by atoms with E-state index in [1.807, 2.05) is 6.07 Å². The van der Waals surface area contributed by atoms with Crippen molar-refractivity contribution < 1.29 is 18.0 Å². The summed E-state index contributed by atoms with van der Waals surface area (Å²) < 4.78 is 38.8. The fourth-order valence-corrected chi connectivity index (χ4v) is 6.50. The van der Waals surface area contributed by atoms with Gasteiger partial charge in [-0.05, 0) is 100 Å². The van der Waals surface area contributed by atoms with Gasteiger partial charge in [-0.1, -0.05) is 12.1 Å². The smallest absolute Gasteiger partial charge is 0.330 e. The third-order valence-corrected chi connectivity index (χ3v) is 8.56. The Morgan fingerprint density at radius 1 is 1.00 bits per heavy atom. The quantitative estimate of drug-likeness (QED) is 0.687. The molecule has 1 atom stereocenters. The number of alkyl halides is 3. The van der Waals surface area contributed by atoms with Crippen molar-refractivity contribution in [3.8, 4) is 0 Å². The molecule has 1 unspecified atom stereocenters. The van der Waals surface area contributed by atoms with E-state index in [1.54, 1.807) is 0 Å². The standard InChI is InChI=1S/C26H36F3N3O/c27-26(28,29)22-6-3-18(4-7-22)16-31-12-9-19(10-13-31)20-5-8-24-21(14-20)17-32(25(24)33)23-2-1-11-30-15-23/h5,8,14,18-19,22-23,30H,1-4,6-7,9-13,15-17H2. The second-order valence-electron chi connectivity index (χ2n) is 10.7. The second kappa shape index (κ2) is 9.57. The molecular formula is C26H36F3N3O. The topological polar surface area (TPSA) is 35.6 Å². The highest BCUT2D eigenvalue weighted by Crippen LogP contribution is 2.40. The summed E-state index contributed by atoms with van der Waals surface area (Å²) in [7, 11) is 0. The molecule has 4 nitrogen and oxygen atoms in total. The van der Waals surface area contributed by atoms with Gasteiger partial charge in [0.1, 0.15) is 0 Å². The molecule has 1 amide bonds. The van der Waals surface area contributed by atoms with Crippen molar-refractivity contribution >= 4 is 5.91 Å². The second-order valence-corrected chi connectivity index (χ2v) is 10.7. The molecule has 2 saturated heterocycles. The Morgan fingerprint density at radius 3 is 2.42 bits per heavy atom. The largest absolute Gasteiger partial charge is 0.391 e. The van der Waals surface area contributed by atoms with Crippen molar-refractivity contribution in [2.24, 2.45) is 11.8 Å². The Balaban J connectivity index is 1.12. The van der Waals surface area contributed by atoms with E-state index in [0.717, 1.165) is 70.5 Å². The molecule has 33 heavy (non-hydrogen) atoms. The minimum absolute atomic E-state index is 0.181. The fraction of sp³-hybridized carbons (Fsp3) is 0.731. The number of hydrogen-bond acceptors (Lipinski definition) is 3. The first-order valence-electron chi connectivity index (χ1n) is 12.8. The van der Waals surface area contributed by atoms with Gasteiger partial charge in [0.05, 0.1) is 5.92 Å². The van der Waals surface area contributed by atoms with Crippen molar-refractivity contribution in [2.45, 2.75) is 76.0 Å². The zero-order chi connectivity index (χ0) is 23.0. The van der Waals surface area contributed by atoms with Gasteiger partial charge in [-0.25, -0.2) is 0 Å². The van der Waals surface area contributed by atoms with Gasteiger partial charge in [-0.2, -0.15) is 13.2 Å². The molecule has 1 aromatic carbocycles. The Labute approximate surface area is 194 Å². The molecule has 4 aliphatic rings. The van der Waals surface area contributed by atoms with E-state index >= 15 is 0 Å². The first kappa shape index (κ1) is 23.2. The van der Waals surface area contributed by atoms with Crippen LogP contribution in [0.15, 0.2) is 18.2 Å². The monoisotopic (exact) mass is 463 g/mol. The summed E-state index contributed by atoms with van der Waals surface area (Å²) in [5.74, 6) is 0.0104. The van der Waals surface area contributed by atoms with Crippen molar-refractivity contribution in [3.63, 3.8) is 0 Å². The van der Waals surface area contributed by atoms with Crippen LogP contribution in [0.25, 0.3) is 0 Å². The summed E-state index contributed by atoms with van der Waals surface area (Å²) in [6.45, 7) is 5.64. The number of likely N-dealkylation sites (tertiary alicyclic amines) is 1. The normalized spacial score (nSPS) is 30.0. The van der Waals surface area contributed by atoms with Gasteiger partial charge in [0.25, 0.3) is 5.91 Å². The van der Waals surface area contributed by atoms with Gasteiger partial charge in [-0.3, -0.25) is 4.79 Å². The number of benzene rings is 1. The van der Waals surface area contributed by atoms with Gasteiger partial charge >= 0.3 is 6.18 Å². The van der Waals surface area contributed by atoms with Crippen LogP contribution in [0.5, 0.6) is 0 Å². The Bertz CT molecular complexity index is 836. The van der Waals surface area contributed by atoms with E-state index in [0.29, 0.717) is 43.6 Å². The molecule has 1 aliphatic carbocycles. The maximum absolute atomic E-state index is 12.9. The average molecular weight is 464 g/mol. The van der Waals surface area contributed by atoms with Crippen molar-refractivity contribution in [3.05, 3.63) is 34.9 Å². The van der Waals surface area contributed by atoms with Gasteiger partial charge in [0, 0.05) is 31.2 Å². The lowest BCUT2D eigenvalue weighted by Crippen LogP contribution is -2.46. The summed E-state index contributed by atoms with van der Waals surface area (Å²) in [6, 6.07) is 6.76. The summed E-state index contributed by atoms with van der Waals surface area (Å²) in [6.07, 6.45) is 2.36. The van der Waals surface area contributed by atoms with Crippen molar-refractivity contribution in [2.75, 3.05) is 32.7 Å². The molecule has 182 valence electrons. The number of nitrogens with zero attached hydrogens (tertiary/aromatic N) is 2. The molecule has 7 heteroatoms. The molecular weight excluding hydrogens is 427 g/mol. The SMILES string of the molecule is O=C1c2ccc(C3CCN(CC4CCC(C(F)(F)F)CC4)CC3)cc2CN1C1CCCNC1. The van der Waals surface area contributed by atoms with Crippen LogP contribution in [0, 0.1) is 11.8 Å². The van der Waals surface area contributed by atoms with Crippen LogP contribution < -0.4 is 5.32 Å². The summed E-state index contributed by atoms with van der Waals surface area (Å²) in [4.78, 5) is 17.4. The number of fused-ring (bicyclic) bond motifs is 1. The molecule has 1 aromatic rings. The molecule has 1 saturated carbocycles. The number of carbonyl (C=O) groups is 1. The van der Waals surface area contributed by atoms with Gasteiger partial charge in [0.15, 0.2) is 0 Å². The number of hydrogen-bond donors (Lipinski definition) is 1. The number of halogens is 3. The summed E-state index contributed by atoms with van der Waals surface area (Å²) in [5, 5.41) is 3.42. The minimum atomic E-state index is -4.02. The van der Waals surface area contributed by atoms with E-state index in [9.17, 15) is 18.0 Å². The van der Waals surface area contributed by atoms with E-state index in [4.69, 9.17) is 0 Å². The zero-order valence-electron chi connectivity index (χ0n) is 19.4. The third kappa shape index (κ3) is 5.09. The molecule has 3 heterocycles. The van der Waals surface area contributed by atoms with Crippen LogP contribution in [-0.2, 0) is 6.54 Å². The van der Waals surface area contributed by atoms with Crippen molar-refractivity contribution in [1.82, 2.24) is 15.1 Å². The number of piperidine rings is 2. The molecule has 0 radical (unpaired) electrons. The average Bonchev–Trinajstić information content (AvgIpc) is 3.16. The molecule has 1 N–H and O–H groups in total. The molecule has 5 rings (SSSR count). The van der Waals surface area contributed by atoms with E-state index in [1.165, 1.54) is 11.1 Å². The molecule has 3 fully saturated rings. The van der Waals surface area contributed by atoms with Crippen LogP contribution in [0.4, 0.5) is 13.2 Å². The third-order valence-electron chi connectivity index (χ3n) is 8.56. The van der Waals surface area contributed by atoms with Gasteiger partial charge < -0.3 is 15.1 Å². The first-order valence-corrected chi connectivity index (χ1v) is 12.8. The minimum Gasteiger partial charge on any atom is -0.330 e. The van der Waals surface area contributed by atoms with E-state index < -0.39 is 12.1 Å². The highest BCUT2D eigenvalue weighted by atomic mass is 19.4. The number of nitrogens with one attached hydrogen (secondary N) is 1. The van der Waals surface area contributed by atoms with Crippen LogP contribution in [-0.4, -0.2) is 60.6 Å². The van der Waals surface area contributed by atoms with Gasteiger partial charge in [-0.15, -0.1) is 0 Å². The van der Waals surface area contributed by atoms with Crippen LogP contribution in [0.2, 0.25) is 0 Å². The van der Waals surface area contributed by atoms with Crippen molar-refractivity contribution in [1.29, 1.82) is 0 Å². The highest BCUT2D eigenvalue weighted by molar-refractivity contribution is 5.98. The highest BCUT2D eigenvalue weighted by Gasteiger charge is 2.41. The molecule has 0 aromatic heterocycles. The van der Waals surface area contributed by atoms with Crippen LogP contribution in [0.3, 0.4) is 0 Å². The van der Waals surface area contributed by atoms with Crippen LogP contribution in [0.1, 0.15) is 78.8 Å². The number of rotatable bonds is 4. The predicted molar refractivity (Wildman–Crippen MR) is 122 cm³/mol. The summed E-state index contributed by atoms with van der Waals surface area (Å²) >= 11 is 0. The number of amides is 1. The van der Waals surface area contributed by atoms with Gasteiger partial charge in [0.2, 0.25) is 0 Å². The Morgan fingerprint density at radius 2 is 1.76 bits per heavy atom. The molecule has 3 aliphatic heterocycles. The Hall–Kier alpha value is -1.60. The molecule has 0 spiro atoms. The van der Waals surface area contributed by atoms with E-state index in [-0.39, 0.29) is 5.91 Å². The predicted octanol–water partition coefficient (Wildman–Crippen LogP) is 4.94. The lowest BCUT2D eigenvalue weighted by Gasteiger charge is -2.37. The lowest BCUT2D eigenvalue weighted by molar-refractivity contribution is -0.184. The maximum Gasteiger partial charge on any atom is 0.391 e. The zero-order valence-corrected chi connectivity index (χ0v) is 19.4. The molecule has 0 bridgehead atoms. The van der Waals surface area contributed by atoms with Crippen LogP contribution >= 0.6 is 0 Å². The first-order chi connectivity index (χ1) is 15.9. The fourth-order valence-electron chi connectivity index (χ4n) is 6.50.